The van der Waals surface area contributed by atoms with Crippen LogP contribution in [0.25, 0.3) is 0 Å². The maximum atomic E-state index is 10.4. The third-order valence-corrected chi connectivity index (χ3v) is 0.589. The van der Waals surface area contributed by atoms with Crippen molar-refractivity contribution in [3.05, 3.63) is 12.2 Å². The van der Waals surface area contributed by atoms with Crippen LogP contribution in [0, 0.1) is 0 Å². The van der Waals surface area contributed by atoms with E-state index in [-0.39, 0.29) is 5.57 Å². The van der Waals surface area contributed by atoms with Crippen molar-refractivity contribution in [1.82, 2.24) is 0 Å². The van der Waals surface area contributed by atoms with Crippen LogP contribution in [0.15, 0.2) is 17.3 Å². The Morgan fingerprint density at radius 2 is 2.44 bits per heavy atom. The molecule has 0 aromatic carbocycles. The van der Waals surface area contributed by atoms with E-state index in [9.17, 15) is 4.79 Å². The van der Waals surface area contributed by atoms with Crippen LogP contribution in [0.4, 0.5) is 0 Å². The number of rotatable bonds is 2. The van der Waals surface area contributed by atoms with E-state index >= 15 is 0 Å². The number of thiocarbonyl (C=S) groups is 1. The van der Waals surface area contributed by atoms with Gasteiger partial charge in [0.25, 0.3) is 0 Å². The lowest BCUT2D eigenvalue weighted by molar-refractivity contribution is -0.138. The lowest BCUT2D eigenvalue weighted by Crippen LogP contribution is -1.98. The summed E-state index contributed by atoms with van der Waals surface area (Å²) in [5.74, 6) is -0.590. The molecule has 0 aromatic heterocycles. The molecule has 0 aliphatic rings. The highest BCUT2D eigenvalue weighted by Crippen LogP contribution is 1.90. The number of nitrogens with zero attached hydrogens (tertiary/aromatic N) is 1. The monoisotopic (exact) mass is 143 g/mol. The molecule has 0 atom stereocenters. The predicted octanol–water partition coefficient (Wildman–Crippen LogP) is 1.12. The summed E-state index contributed by atoms with van der Waals surface area (Å²) in [6.45, 7) is 4.83. The van der Waals surface area contributed by atoms with Gasteiger partial charge in [-0.05, 0) is 24.3 Å². The highest BCUT2D eigenvalue weighted by atomic mass is 32.1. The molecule has 0 rings (SSSR count). The Balaban J connectivity index is 3.78. The first-order chi connectivity index (χ1) is 4.18. The predicted molar refractivity (Wildman–Crippen MR) is 35.9 cm³/mol. The van der Waals surface area contributed by atoms with Crippen molar-refractivity contribution in [3.63, 3.8) is 0 Å². The zero-order valence-corrected chi connectivity index (χ0v) is 5.70. The Morgan fingerprint density at radius 1 is 1.89 bits per heavy atom. The van der Waals surface area contributed by atoms with E-state index in [4.69, 9.17) is 0 Å². The summed E-state index contributed by atoms with van der Waals surface area (Å²) in [5.41, 5.74) is 0.281. The molecular weight excluding hydrogens is 138 g/mol. The average molecular weight is 143 g/mol. The smallest absolute Gasteiger partial charge is 0.304 e. The van der Waals surface area contributed by atoms with Crippen LogP contribution in [0.3, 0.4) is 0 Å². The number of hydrogen-bond donors (Lipinski definition) is 0. The van der Waals surface area contributed by atoms with Gasteiger partial charge in [-0.15, -0.1) is 0 Å². The highest BCUT2D eigenvalue weighted by molar-refractivity contribution is 7.78. The lowest BCUT2D eigenvalue weighted by Gasteiger charge is -1.89. The van der Waals surface area contributed by atoms with Gasteiger partial charge in [-0.3, -0.25) is 0 Å². The van der Waals surface area contributed by atoms with Gasteiger partial charge < -0.3 is 4.84 Å². The molecular formula is C5H5NO2S. The third-order valence-electron chi connectivity index (χ3n) is 0.514. The van der Waals surface area contributed by atoms with Gasteiger partial charge in [-0.1, -0.05) is 6.58 Å². The van der Waals surface area contributed by atoms with Gasteiger partial charge in [-0.25, -0.2) is 4.79 Å². The summed E-state index contributed by atoms with van der Waals surface area (Å²) in [4.78, 5) is 14.5. The quantitative estimate of drug-likeness (QED) is 0.191. The first-order valence-electron chi connectivity index (χ1n) is 2.12. The molecule has 0 aromatic rings. The van der Waals surface area contributed by atoms with Gasteiger partial charge in [0.2, 0.25) is 0 Å². The number of hydrogen-bond acceptors (Lipinski definition) is 4. The topological polar surface area (TPSA) is 38.7 Å². The maximum Gasteiger partial charge on any atom is 0.361 e. The fourth-order valence-corrected chi connectivity index (χ4v) is 0.175. The molecule has 0 amide bonds. The van der Waals surface area contributed by atoms with Crippen LogP contribution in [-0.2, 0) is 9.63 Å². The molecule has 0 N–H and O–H groups in total. The molecule has 48 valence electrons. The zero-order chi connectivity index (χ0) is 7.28. The van der Waals surface area contributed by atoms with Gasteiger partial charge in [0.05, 0.1) is 0 Å². The van der Waals surface area contributed by atoms with Gasteiger partial charge >= 0.3 is 5.97 Å². The highest BCUT2D eigenvalue weighted by Gasteiger charge is 1.99. The molecule has 0 saturated heterocycles. The van der Waals surface area contributed by atoms with E-state index in [1.165, 1.54) is 6.92 Å². The first-order valence-corrected chi connectivity index (χ1v) is 2.53. The van der Waals surface area contributed by atoms with Crippen LogP contribution >= 0.6 is 12.2 Å². The Kier molecular flexibility index (Phi) is 3.51. The minimum atomic E-state index is -0.590. The van der Waals surface area contributed by atoms with E-state index in [1.807, 2.05) is 5.16 Å². The number of carbonyl (C=O) groups excluding carboxylic acids is 1. The SMILES string of the molecule is C=C(C)C(=O)ON=C=S. The van der Waals surface area contributed by atoms with Crippen molar-refractivity contribution in [2.75, 3.05) is 0 Å². The van der Waals surface area contributed by atoms with Gasteiger partial charge in [0, 0.05) is 5.57 Å². The zero-order valence-electron chi connectivity index (χ0n) is 4.88. The van der Waals surface area contributed by atoms with Gasteiger partial charge in [0.1, 0.15) is 5.16 Å². The lowest BCUT2D eigenvalue weighted by atomic mass is 10.4. The van der Waals surface area contributed by atoms with E-state index < -0.39 is 5.97 Å². The molecule has 0 saturated carbocycles. The average Bonchev–Trinajstić information content (AvgIpc) is 1.82. The van der Waals surface area contributed by atoms with Gasteiger partial charge in [0.15, 0.2) is 0 Å². The van der Waals surface area contributed by atoms with E-state index in [0.29, 0.717) is 0 Å². The van der Waals surface area contributed by atoms with Crippen LogP contribution in [0.1, 0.15) is 6.92 Å². The van der Waals surface area contributed by atoms with Crippen molar-refractivity contribution >= 4 is 23.3 Å². The molecule has 0 unspecified atom stereocenters. The number of carbonyl (C=O) groups is 1. The molecule has 0 aliphatic carbocycles. The summed E-state index contributed by atoms with van der Waals surface area (Å²) in [5, 5.41) is 4.83. The third kappa shape index (κ3) is 3.58. The van der Waals surface area contributed by atoms with Gasteiger partial charge in [-0.2, -0.15) is 0 Å². The summed E-state index contributed by atoms with van der Waals surface area (Å²) in [6.07, 6.45) is 0. The van der Waals surface area contributed by atoms with Crippen molar-refractivity contribution in [1.29, 1.82) is 0 Å². The maximum absolute atomic E-state index is 10.4. The van der Waals surface area contributed by atoms with Crippen LogP contribution in [-0.4, -0.2) is 11.1 Å². The summed E-state index contributed by atoms with van der Waals surface area (Å²) in [7, 11) is 0. The molecule has 0 radical (unpaired) electrons. The Labute approximate surface area is 58.0 Å². The molecule has 0 heterocycles. The van der Waals surface area contributed by atoms with E-state index in [1.54, 1.807) is 0 Å². The molecule has 4 heteroatoms. The summed E-state index contributed by atoms with van der Waals surface area (Å²) in [6, 6.07) is 0. The van der Waals surface area contributed by atoms with Crippen molar-refractivity contribution < 1.29 is 9.63 Å². The largest absolute Gasteiger partial charge is 0.361 e. The standard InChI is InChI=1S/C5H5NO2S/c1-4(2)5(7)8-6-3-9/h1H2,2H3. The van der Waals surface area contributed by atoms with E-state index in [2.05, 4.69) is 28.8 Å². The fourth-order valence-electron chi connectivity index (χ4n) is 0.138. The minimum Gasteiger partial charge on any atom is -0.304 e. The van der Waals surface area contributed by atoms with Crippen LogP contribution in [0.2, 0.25) is 0 Å². The second-order valence-electron chi connectivity index (χ2n) is 1.34. The summed E-state index contributed by atoms with van der Waals surface area (Å²) >= 11 is 4.13. The van der Waals surface area contributed by atoms with Crippen molar-refractivity contribution in [2.24, 2.45) is 5.16 Å². The Bertz CT molecular complexity index is 181. The van der Waals surface area contributed by atoms with E-state index in [0.717, 1.165) is 0 Å². The fraction of sp³-hybridized carbons (Fsp3) is 0.200. The Hall–Kier alpha value is -0.990. The van der Waals surface area contributed by atoms with Crippen LogP contribution < -0.4 is 0 Å². The molecule has 0 fully saturated rings. The molecule has 3 nitrogen and oxygen atoms in total. The number of isothiocyanates is 1. The van der Waals surface area contributed by atoms with Crippen LogP contribution in [0.5, 0.6) is 0 Å². The summed E-state index contributed by atoms with van der Waals surface area (Å²) < 4.78 is 0. The minimum absolute atomic E-state index is 0.281. The Morgan fingerprint density at radius 3 is 2.78 bits per heavy atom. The second kappa shape index (κ2) is 3.95. The molecule has 0 bridgehead atoms. The molecule has 0 aliphatic heterocycles. The molecule has 9 heavy (non-hydrogen) atoms. The van der Waals surface area contributed by atoms with Crippen molar-refractivity contribution in [2.45, 2.75) is 6.92 Å². The van der Waals surface area contributed by atoms with Crippen molar-refractivity contribution in [3.8, 4) is 0 Å². The second-order valence-corrected chi connectivity index (χ2v) is 1.52. The normalized spacial score (nSPS) is 7.22. The molecule has 0 spiro atoms. The first kappa shape index (κ1) is 8.01.